The van der Waals surface area contributed by atoms with Crippen molar-refractivity contribution < 1.29 is 52.2 Å². The third kappa shape index (κ3) is 26.8. The zero-order valence-corrected chi connectivity index (χ0v) is 75.5. The Kier molecular flexibility index (Phi) is 33.6. The summed E-state index contributed by atoms with van der Waals surface area (Å²) in [5.41, 5.74) is 18.8. The van der Waals surface area contributed by atoms with Gasteiger partial charge in [-0.1, -0.05) is 99.2 Å². The summed E-state index contributed by atoms with van der Waals surface area (Å²) in [5, 5.41) is 43.3. The van der Waals surface area contributed by atoms with Crippen LogP contribution in [-0.4, -0.2) is 159 Å². The Labute approximate surface area is 731 Å². The number of fused-ring (bicyclic) bond motifs is 5. The van der Waals surface area contributed by atoms with E-state index in [1.807, 2.05) is 112 Å². The third-order valence-corrected chi connectivity index (χ3v) is 24.8. The molecule has 654 valence electrons. The fourth-order valence-corrected chi connectivity index (χ4v) is 18.0. The van der Waals surface area contributed by atoms with Gasteiger partial charge >= 0.3 is 25.4 Å². The monoisotopic (exact) mass is 1810 g/mol. The summed E-state index contributed by atoms with van der Waals surface area (Å²) >= 11 is 13.4. The number of allylic oxidation sites excluding steroid dienone is 4. The first-order chi connectivity index (χ1) is 57.3. The van der Waals surface area contributed by atoms with Crippen molar-refractivity contribution in [3.8, 4) is 0 Å². The van der Waals surface area contributed by atoms with E-state index in [1.165, 1.54) is 191 Å². The van der Waals surface area contributed by atoms with E-state index in [9.17, 15) is 28.0 Å². The van der Waals surface area contributed by atoms with Gasteiger partial charge in [-0.15, -0.1) is 0 Å². The Balaban J connectivity index is 0.000000141. The van der Waals surface area contributed by atoms with Gasteiger partial charge in [0.1, 0.15) is 28.4 Å². The Morgan fingerprint density at radius 1 is 0.492 bits per heavy atom. The number of nitrogens with zero attached hydrogens (tertiary/aromatic N) is 14. The van der Waals surface area contributed by atoms with Crippen molar-refractivity contribution in [3.63, 3.8) is 0 Å². The first-order valence-electron chi connectivity index (χ1n) is 43.5. The van der Waals surface area contributed by atoms with E-state index in [4.69, 9.17) is 53.2 Å². The number of nitrogens with two attached hydrogens (primary N) is 1. The van der Waals surface area contributed by atoms with Crippen LogP contribution in [0.4, 0.5) is 28.9 Å². The Bertz CT molecular complexity index is 4620. The molecule has 0 bridgehead atoms. The van der Waals surface area contributed by atoms with Crippen LogP contribution in [0.2, 0.25) is 10.0 Å². The summed E-state index contributed by atoms with van der Waals surface area (Å²) in [6.07, 6.45) is 42.5. The molecule has 5 aliphatic carbocycles. The molecule has 5 N–H and O–H groups in total. The van der Waals surface area contributed by atoms with E-state index in [0.29, 0.717) is 69.9 Å². The average Bonchev–Trinajstić information content (AvgIpc) is 1.65. The summed E-state index contributed by atoms with van der Waals surface area (Å²) in [7, 11) is -1.20. The van der Waals surface area contributed by atoms with E-state index in [0.717, 1.165) is 110 Å². The van der Waals surface area contributed by atoms with E-state index < -0.39 is 35.6 Å². The molecule has 0 atom stereocenters. The number of hydrogen-bond acceptors (Lipinski definition) is 16. The van der Waals surface area contributed by atoms with Crippen LogP contribution in [0.1, 0.15) is 284 Å². The molecule has 7 aromatic rings. The summed E-state index contributed by atoms with van der Waals surface area (Å²) in [6.45, 7) is 28.2. The molecule has 0 radical (unpaired) electrons. The molecule has 5 aliphatic heterocycles. The molecular weight excluding hydrogens is 1680 g/mol. The molecule has 10 aliphatic rings. The largest absolute Gasteiger partial charge is 0.483 e. The Hall–Kier alpha value is -7.84. The highest BCUT2D eigenvalue weighted by molar-refractivity contribution is 14.1. The van der Waals surface area contributed by atoms with E-state index in [-0.39, 0.29) is 40.7 Å². The molecule has 31 heteroatoms. The highest BCUT2D eigenvalue weighted by Gasteiger charge is 2.35. The fourth-order valence-electron chi connectivity index (χ4n) is 17.0. The maximum Gasteiger partial charge on any atom is 0.483 e. The van der Waals surface area contributed by atoms with Crippen molar-refractivity contribution in [3.05, 3.63) is 167 Å². The molecule has 5 aromatic heterocycles. The smallest absolute Gasteiger partial charge is 0.444 e. The summed E-state index contributed by atoms with van der Waals surface area (Å²) in [5.74, 6) is 1.15. The maximum atomic E-state index is 13.3. The minimum Gasteiger partial charge on any atom is -0.444 e. The number of benzene rings is 2. The summed E-state index contributed by atoms with van der Waals surface area (Å²) in [4.78, 5) is 56.5. The lowest BCUT2D eigenvalue weighted by molar-refractivity contribution is -0.132. The van der Waals surface area contributed by atoms with Gasteiger partial charge in [-0.3, -0.25) is 28.2 Å². The Morgan fingerprint density at radius 3 is 1.34 bits per heavy atom. The van der Waals surface area contributed by atoms with E-state index in [2.05, 4.69) is 79.7 Å². The molecule has 2 aromatic carbocycles. The van der Waals surface area contributed by atoms with Gasteiger partial charge in [0.25, 0.3) is 0 Å². The number of nitrogens with one attached hydrogen (secondary N) is 1. The van der Waals surface area contributed by atoms with Crippen molar-refractivity contribution in [2.45, 2.75) is 316 Å². The molecule has 0 saturated heterocycles. The predicted molar refractivity (Wildman–Crippen MR) is 473 cm³/mol. The lowest BCUT2D eigenvalue weighted by Crippen LogP contribution is -2.41. The van der Waals surface area contributed by atoms with Crippen LogP contribution in [0.3, 0.4) is 0 Å². The van der Waals surface area contributed by atoms with Crippen molar-refractivity contribution >= 4 is 88.4 Å². The van der Waals surface area contributed by atoms with Crippen LogP contribution in [0.15, 0.2) is 85.0 Å². The number of rotatable bonds is 7. The third-order valence-electron chi connectivity index (χ3n) is 23.3. The molecule has 0 unspecified atom stereocenters. The van der Waals surface area contributed by atoms with Crippen LogP contribution in [0.5, 0.6) is 0 Å². The SMILES string of the molecule is CC(C)(C)OC(=O)N1CCn2ncc(C3=CCCCC3)c2C1.CC(C)(C)OC(=O)N1CCn2ncc(C3CCCCC3)c2C1.CC(C)(C)OC(=O)N1CCn2ncc(I)c2C1.Nc1ccc(F)c(Cl)c1.O=C(Cc1ccc(F)c(Cl)c1)N1CCn2ncc(C3CCCCC3)c2C1.OB(O)C1=CCCCC1.c1nn2c(c1C1CCCCC1)CNCC2. The average molecular weight is 1810 g/mol. The lowest BCUT2D eigenvalue weighted by atomic mass is 9.74. The second-order valence-electron chi connectivity index (χ2n) is 35.9. The zero-order chi connectivity index (χ0) is 85.8. The lowest BCUT2D eigenvalue weighted by Gasteiger charge is -2.32. The molecule has 0 spiro atoms. The quantitative estimate of drug-likeness (QED) is 0.0499. The Morgan fingerprint density at radius 2 is 0.900 bits per heavy atom. The number of nitrogen functional groups attached to an aromatic ring is 1. The number of anilines is 1. The molecule has 4 amide bonds. The normalized spacial score (nSPS) is 18.2. The van der Waals surface area contributed by atoms with Crippen LogP contribution in [0.25, 0.3) is 5.57 Å². The molecule has 17 rings (SSSR count). The molecule has 3 fully saturated rings. The summed E-state index contributed by atoms with van der Waals surface area (Å²) in [6, 6.07) is 8.55. The molecular formula is C89H126BCl2F2IN16O9. The summed E-state index contributed by atoms with van der Waals surface area (Å²) < 4.78 is 53.4. The topological polar surface area (TPSA) is 277 Å². The number of halogens is 5. The van der Waals surface area contributed by atoms with E-state index >= 15 is 0 Å². The number of carbonyl (C=O) groups is 4. The van der Waals surface area contributed by atoms with Crippen molar-refractivity contribution in [2.24, 2.45) is 0 Å². The van der Waals surface area contributed by atoms with Crippen LogP contribution >= 0.6 is 45.8 Å². The minimum absolute atomic E-state index is 0.0507. The molecule has 10 heterocycles. The van der Waals surface area contributed by atoms with Crippen LogP contribution in [0, 0.1) is 15.2 Å². The first kappa shape index (κ1) is 92.9. The van der Waals surface area contributed by atoms with Crippen molar-refractivity contribution in [1.29, 1.82) is 0 Å². The van der Waals surface area contributed by atoms with Crippen LogP contribution in [-0.2, 0) is 90.9 Å². The minimum atomic E-state index is -1.20. The predicted octanol–water partition coefficient (Wildman–Crippen LogP) is 18.4. The number of hydrogen-bond donors (Lipinski definition) is 4. The maximum absolute atomic E-state index is 13.3. The molecule has 3 saturated carbocycles. The van der Waals surface area contributed by atoms with Crippen molar-refractivity contribution in [1.82, 2.24) is 73.8 Å². The first-order valence-corrected chi connectivity index (χ1v) is 45.3. The standard InChI is InChI=1S/C20H23ClFN3O.C17H27N3O2.C17H25N3O2.C12H19N3.C11H16IN3O2.C6H11BO2.C6H5ClFN/c21-17-10-14(6-7-18(17)22)11-20(26)24-8-9-25-19(13-24)16(12-23-25)15-4-2-1-3-5-15;2*1-17(2,3)22-16(21)19-9-10-20-15(12-19)14(11-18-20)13-7-5-4-6-8-13;1-2-4-10(5-3-1)11-8-14-15-7-6-13-9-12(11)15;1-11(2,3)17-10(16)14-4-5-15-9(7-14)8(12)6-13-15;8-7(9)6-4-2-1-3-5-6;7-5-3-4(9)1-2-6(5)8/h6-7,10,12,15H,1-5,8-9,11,13H2;11,13H,4-10,12H2,1-3H3;7,11H,4-6,8-10,12H2,1-3H3;8,10,13H,1-7,9H2;6H,4-5,7H2,1-3H3;4,8-9H,1-3,5H2;1-3H,9H2. The number of amides is 4. The van der Waals surface area contributed by atoms with Gasteiger partial charge < -0.3 is 54.9 Å². The number of carbonyl (C=O) groups excluding carboxylic acids is 4. The van der Waals surface area contributed by atoms with Gasteiger partial charge in [0.05, 0.1) is 138 Å². The highest BCUT2D eigenvalue weighted by Crippen LogP contribution is 2.40. The molecule has 25 nitrogen and oxygen atoms in total. The van der Waals surface area contributed by atoms with Gasteiger partial charge in [-0.05, 0) is 256 Å². The second kappa shape index (κ2) is 43.5. The van der Waals surface area contributed by atoms with Gasteiger partial charge in [0.2, 0.25) is 5.91 Å². The van der Waals surface area contributed by atoms with Gasteiger partial charge in [-0.25, -0.2) is 23.2 Å². The second-order valence-corrected chi connectivity index (χ2v) is 37.9. The van der Waals surface area contributed by atoms with Gasteiger partial charge in [0.15, 0.2) is 0 Å². The zero-order valence-electron chi connectivity index (χ0n) is 71.9. The fraction of sp³-hybridized carbons (Fsp3) is 0.607. The number of aromatic nitrogens is 10. The number of ether oxygens (including phenoxy) is 3. The van der Waals surface area contributed by atoms with Gasteiger partial charge in [-0.2, -0.15) is 25.5 Å². The molecule has 120 heavy (non-hydrogen) atoms. The van der Waals surface area contributed by atoms with Crippen LogP contribution < -0.4 is 11.1 Å². The van der Waals surface area contributed by atoms with Crippen molar-refractivity contribution in [2.75, 3.05) is 38.5 Å². The van der Waals surface area contributed by atoms with E-state index in [1.54, 1.807) is 15.9 Å². The highest BCUT2D eigenvalue weighted by atomic mass is 127. The van der Waals surface area contributed by atoms with Gasteiger partial charge in [0, 0.05) is 50.5 Å².